The van der Waals surface area contributed by atoms with Gasteiger partial charge in [-0.1, -0.05) is 12.1 Å². The molecule has 0 radical (unpaired) electrons. The van der Waals surface area contributed by atoms with E-state index in [2.05, 4.69) is 21.6 Å². The number of piperidine rings is 1. The fraction of sp³-hybridized carbons (Fsp3) is 0.500. The molecule has 1 aromatic carbocycles. The van der Waals surface area contributed by atoms with Gasteiger partial charge in [0, 0.05) is 24.2 Å². The van der Waals surface area contributed by atoms with Gasteiger partial charge in [-0.3, -0.25) is 14.8 Å². The molecule has 9 heteroatoms. The zero-order valence-corrected chi connectivity index (χ0v) is 19.0. The van der Waals surface area contributed by atoms with Crippen molar-refractivity contribution in [2.75, 3.05) is 0 Å². The number of H-pyrrole nitrogens is 1. The third-order valence-corrected chi connectivity index (χ3v) is 6.22. The highest BCUT2D eigenvalue weighted by atomic mass is 19.1. The second-order valence-electron chi connectivity index (χ2n) is 9.73. The quantitative estimate of drug-likeness (QED) is 0.719. The van der Waals surface area contributed by atoms with Gasteiger partial charge in [0.05, 0.1) is 11.8 Å². The Morgan fingerprint density at radius 1 is 1.36 bits per heavy atom. The zero-order valence-electron chi connectivity index (χ0n) is 19.0. The van der Waals surface area contributed by atoms with Crippen LogP contribution in [-0.4, -0.2) is 50.8 Å². The summed E-state index contributed by atoms with van der Waals surface area (Å²) in [5.74, 6) is -0.826. The molecule has 1 aliphatic carbocycles. The monoisotopic (exact) mass is 453 g/mol. The molecule has 1 saturated carbocycles. The number of nitrogens with one attached hydrogen (secondary N) is 2. The Hall–Kier alpha value is -3.41. The highest BCUT2D eigenvalue weighted by molar-refractivity contribution is 5.87. The summed E-state index contributed by atoms with van der Waals surface area (Å²) in [6.45, 7) is 5.35. The Kier molecular flexibility index (Phi) is 6.11. The van der Waals surface area contributed by atoms with Crippen LogP contribution in [0.2, 0.25) is 0 Å². The van der Waals surface area contributed by atoms with Gasteiger partial charge in [-0.05, 0) is 63.6 Å². The van der Waals surface area contributed by atoms with Crippen LogP contribution in [0, 0.1) is 23.1 Å². The van der Waals surface area contributed by atoms with Gasteiger partial charge in [-0.2, -0.15) is 10.4 Å². The molecule has 4 atom stereocenters. The van der Waals surface area contributed by atoms with Gasteiger partial charge in [-0.15, -0.1) is 0 Å². The van der Waals surface area contributed by atoms with Crippen LogP contribution in [0.1, 0.15) is 45.6 Å². The van der Waals surface area contributed by atoms with E-state index >= 15 is 0 Å². The van der Waals surface area contributed by atoms with Crippen LogP contribution in [-0.2, 0) is 16.0 Å². The van der Waals surface area contributed by atoms with Crippen molar-refractivity contribution in [3.8, 4) is 17.3 Å². The van der Waals surface area contributed by atoms with Crippen molar-refractivity contribution in [2.45, 2.75) is 70.2 Å². The summed E-state index contributed by atoms with van der Waals surface area (Å²) in [7, 11) is 0. The van der Waals surface area contributed by atoms with Gasteiger partial charge in [-0.25, -0.2) is 9.18 Å². The first-order valence-corrected chi connectivity index (χ1v) is 11.2. The lowest BCUT2D eigenvalue weighted by molar-refractivity contribution is -0.128. The number of hydrogen-bond donors (Lipinski definition) is 2. The number of likely N-dealkylation sites (tertiary alicyclic amines) is 1. The zero-order chi connectivity index (χ0) is 23.8. The molecule has 2 heterocycles. The van der Waals surface area contributed by atoms with Gasteiger partial charge in [0.2, 0.25) is 5.91 Å². The first-order valence-electron chi connectivity index (χ1n) is 11.2. The van der Waals surface area contributed by atoms with Crippen molar-refractivity contribution < 1.29 is 18.7 Å². The van der Waals surface area contributed by atoms with Crippen LogP contribution >= 0.6 is 0 Å². The highest BCUT2D eigenvalue weighted by Gasteiger charge is 2.52. The minimum Gasteiger partial charge on any atom is -0.444 e. The van der Waals surface area contributed by atoms with E-state index in [9.17, 15) is 19.2 Å². The summed E-state index contributed by atoms with van der Waals surface area (Å²) < 4.78 is 20.2. The first-order chi connectivity index (χ1) is 15.7. The van der Waals surface area contributed by atoms with Crippen LogP contribution in [0.15, 0.2) is 30.5 Å². The van der Waals surface area contributed by atoms with Crippen molar-refractivity contribution in [1.29, 1.82) is 5.26 Å². The van der Waals surface area contributed by atoms with Crippen LogP contribution < -0.4 is 5.32 Å². The molecule has 174 valence electrons. The molecule has 2 fully saturated rings. The van der Waals surface area contributed by atoms with Gasteiger partial charge in [0.1, 0.15) is 23.5 Å². The average Bonchev–Trinajstić information content (AvgIpc) is 3.50. The number of halogens is 1. The molecule has 2 bridgehead atoms. The summed E-state index contributed by atoms with van der Waals surface area (Å²) >= 11 is 0. The first kappa shape index (κ1) is 22.8. The van der Waals surface area contributed by atoms with E-state index in [4.69, 9.17) is 4.74 Å². The maximum absolute atomic E-state index is 14.7. The Morgan fingerprint density at radius 3 is 2.79 bits per heavy atom. The highest BCUT2D eigenvalue weighted by Crippen LogP contribution is 2.43. The molecule has 0 spiro atoms. The van der Waals surface area contributed by atoms with Crippen molar-refractivity contribution in [3.63, 3.8) is 0 Å². The second-order valence-corrected chi connectivity index (χ2v) is 9.73. The lowest BCUT2D eigenvalue weighted by atomic mass is 9.97. The summed E-state index contributed by atoms with van der Waals surface area (Å²) in [4.78, 5) is 27.5. The Bertz CT molecular complexity index is 1070. The lowest BCUT2D eigenvalue weighted by Gasteiger charge is -2.35. The van der Waals surface area contributed by atoms with Gasteiger partial charge in [0.25, 0.3) is 0 Å². The number of carbonyl (C=O) groups is 2. The molecule has 2 aromatic rings. The number of aromatic amines is 1. The Morgan fingerprint density at radius 2 is 2.15 bits per heavy atom. The number of benzene rings is 1. The fourth-order valence-electron chi connectivity index (χ4n) is 4.81. The molecular formula is C24H28FN5O3. The molecule has 1 aliphatic heterocycles. The smallest absolute Gasteiger partial charge is 0.411 e. The number of aromatic nitrogens is 2. The molecule has 0 unspecified atom stereocenters. The summed E-state index contributed by atoms with van der Waals surface area (Å²) in [5.41, 5.74) is 0.974. The van der Waals surface area contributed by atoms with E-state index in [-0.39, 0.29) is 18.4 Å². The summed E-state index contributed by atoms with van der Waals surface area (Å²) in [6, 6.07) is 6.86. The number of nitriles is 1. The molecule has 4 rings (SSSR count). The number of hydrogen-bond acceptors (Lipinski definition) is 5. The lowest BCUT2D eigenvalue weighted by Crippen LogP contribution is -2.55. The predicted octanol–water partition coefficient (Wildman–Crippen LogP) is 3.55. The number of amides is 2. The third kappa shape index (κ3) is 4.85. The number of fused-ring (bicyclic) bond motifs is 2. The largest absolute Gasteiger partial charge is 0.444 e. The summed E-state index contributed by atoms with van der Waals surface area (Å²) in [6.07, 6.45) is 3.53. The molecule has 33 heavy (non-hydrogen) atoms. The van der Waals surface area contributed by atoms with Crippen molar-refractivity contribution >= 4 is 12.0 Å². The molecule has 1 saturated heterocycles. The van der Waals surface area contributed by atoms with Gasteiger partial charge < -0.3 is 10.1 Å². The van der Waals surface area contributed by atoms with E-state index in [1.165, 1.54) is 11.0 Å². The van der Waals surface area contributed by atoms with Gasteiger partial charge >= 0.3 is 6.09 Å². The maximum Gasteiger partial charge on any atom is 0.411 e. The minimum absolute atomic E-state index is 0.0184. The Labute approximate surface area is 192 Å². The second kappa shape index (κ2) is 8.85. The van der Waals surface area contributed by atoms with Crippen molar-refractivity contribution in [2.24, 2.45) is 5.92 Å². The van der Waals surface area contributed by atoms with E-state index in [1.807, 2.05) is 0 Å². The van der Waals surface area contributed by atoms with Gasteiger partial charge in [0.15, 0.2) is 0 Å². The van der Waals surface area contributed by atoms with Crippen LogP contribution in [0.3, 0.4) is 0 Å². The molecule has 8 nitrogen and oxygen atoms in total. The number of carbonyl (C=O) groups excluding carboxylic acids is 2. The third-order valence-electron chi connectivity index (χ3n) is 6.22. The van der Waals surface area contributed by atoms with Crippen LogP contribution in [0.5, 0.6) is 0 Å². The molecular weight excluding hydrogens is 425 g/mol. The molecule has 1 aromatic heterocycles. The van der Waals surface area contributed by atoms with Crippen LogP contribution in [0.4, 0.5) is 9.18 Å². The van der Waals surface area contributed by atoms with E-state index in [0.29, 0.717) is 16.8 Å². The van der Waals surface area contributed by atoms with E-state index in [1.54, 1.807) is 45.2 Å². The number of rotatable bonds is 5. The average molecular weight is 454 g/mol. The topological polar surface area (TPSA) is 111 Å². The van der Waals surface area contributed by atoms with Crippen molar-refractivity contribution in [1.82, 2.24) is 20.4 Å². The maximum atomic E-state index is 14.7. The standard InChI is InChI=1S/C24H28FN5O3/c1-24(2,3)33-23(32)30-18-7-6-16(11-18)21(30)22(31)28-17(13-26)10-14-4-5-15(12-19(14)25)20-8-9-27-29-20/h4-5,8-9,12,16-18,21H,6-7,10-11H2,1-3H3,(H,27,29)(H,28,31)/t16-,17-,18+,21-/m0/s1. The minimum atomic E-state index is -0.926. The molecule has 2 amide bonds. The Balaban J connectivity index is 1.45. The summed E-state index contributed by atoms with van der Waals surface area (Å²) in [5, 5.41) is 19.0. The SMILES string of the molecule is CC(C)(C)OC(=O)N1[C@@H]2CC[C@@H](C2)[C@H]1C(=O)N[C@H](C#N)Cc1ccc(-c2ccn[nH]2)cc1F. The molecule has 2 aliphatic rings. The van der Waals surface area contributed by atoms with E-state index < -0.39 is 35.5 Å². The predicted molar refractivity (Wildman–Crippen MR) is 118 cm³/mol. The number of ether oxygens (including phenoxy) is 1. The normalized spacial score (nSPS) is 22.6. The van der Waals surface area contributed by atoms with Crippen LogP contribution in [0.25, 0.3) is 11.3 Å². The van der Waals surface area contributed by atoms with Crippen molar-refractivity contribution in [3.05, 3.63) is 41.8 Å². The fourth-order valence-corrected chi connectivity index (χ4v) is 4.81. The van der Waals surface area contributed by atoms with E-state index in [0.717, 1.165) is 19.3 Å². The molecule has 2 N–H and O–H groups in total. The number of nitrogens with zero attached hydrogens (tertiary/aromatic N) is 3.